The van der Waals surface area contributed by atoms with E-state index in [1.807, 2.05) is 6.92 Å². The summed E-state index contributed by atoms with van der Waals surface area (Å²) in [5, 5.41) is 12.0. The smallest absolute Gasteiger partial charge is 0.306 e. The van der Waals surface area contributed by atoms with Crippen LogP contribution in [0.3, 0.4) is 0 Å². The summed E-state index contributed by atoms with van der Waals surface area (Å²) in [6.45, 7) is 6.32. The number of nitrogens with one attached hydrogen (secondary N) is 1. The number of carboxylic acid groups (broad SMARTS) is 1. The SMILES string of the molecule is CC(C(=O)N1CC(C(C)C(=O)O)C1)=C1CNC1. The summed E-state index contributed by atoms with van der Waals surface area (Å²) < 4.78 is 0. The Hall–Kier alpha value is -1.36. The average molecular weight is 238 g/mol. The number of aliphatic carboxylic acids is 1. The van der Waals surface area contributed by atoms with Crippen molar-refractivity contribution in [3.63, 3.8) is 0 Å². The summed E-state index contributed by atoms with van der Waals surface area (Å²) in [6, 6.07) is 0. The molecular formula is C12H18N2O3. The topological polar surface area (TPSA) is 69.6 Å². The van der Waals surface area contributed by atoms with Crippen LogP contribution in [0.15, 0.2) is 11.1 Å². The van der Waals surface area contributed by atoms with E-state index in [1.165, 1.54) is 5.57 Å². The summed E-state index contributed by atoms with van der Waals surface area (Å²) in [4.78, 5) is 24.5. The quantitative estimate of drug-likeness (QED) is 0.683. The minimum absolute atomic E-state index is 0.0651. The van der Waals surface area contributed by atoms with Gasteiger partial charge in [-0.05, 0) is 12.5 Å². The van der Waals surface area contributed by atoms with Crippen LogP contribution in [0.1, 0.15) is 13.8 Å². The zero-order valence-electron chi connectivity index (χ0n) is 10.2. The van der Waals surface area contributed by atoms with Crippen molar-refractivity contribution < 1.29 is 14.7 Å². The zero-order chi connectivity index (χ0) is 12.6. The minimum atomic E-state index is -0.777. The fraction of sp³-hybridized carbons (Fsp3) is 0.667. The van der Waals surface area contributed by atoms with E-state index in [2.05, 4.69) is 5.32 Å². The van der Waals surface area contributed by atoms with Crippen LogP contribution in [-0.2, 0) is 9.59 Å². The third kappa shape index (κ3) is 2.20. The number of likely N-dealkylation sites (tertiary alicyclic amines) is 1. The van der Waals surface area contributed by atoms with Gasteiger partial charge in [-0.25, -0.2) is 0 Å². The van der Waals surface area contributed by atoms with Crippen LogP contribution in [0.5, 0.6) is 0 Å². The van der Waals surface area contributed by atoms with E-state index >= 15 is 0 Å². The van der Waals surface area contributed by atoms with Gasteiger partial charge in [-0.1, -0.05) is 6.92 Å². The highest BCUT2D eigenvalue weighted by molar-refractivity contribution is 5.94. The number of hydrogen-bond acceptors (Lipinski definition) is 3. The number of hydrogen-bond donors (Lipinski definition) is 2. The van der Waals surface area contributed by atoms with Crippen LogP contribution in [0.2, 0.25) is 0 Å². The fourth-order valence-corrected chi connectivity index (χ4v) is 2.10. The second kappa shape index (κ2) is 4.49. The maximum Gasteiger partial charge on any atom is 0.306 e. The highest BCUT2D eigenvalue weighted by atomic mass is 16.4. The second-order valence-electron chi connectivity index (χ2n) is 4.93. The predicted molar refractivity (Wildman–Crippen MR) is 62.4 cm³/mol. The van der Waals surface area contributed by atoms with Crippen molar-refractivity contribution >= 4 is 11.9 Å². The molecule has 1 atom stereocenters. The van der Waals surface area contributed by atoms with E-state index in [0.29, 0.717) is 13.1 Å². The zero-order valence-corrected chi connectivity index (χ0v) is 10.2. The molecule has 2 N–H and O–H groups in total. The Morgan fingerprint density at radius 2 is 2.00 bits per heavy atom. The van der Waals surface area contributed by atoms with Gasteiger partial charge in [0.15, 0.2) is 0 Å². The molecular weight excluding hydrogens is 220 g/mol. The van der Waals surface area contributed by atoms with Crippen LogP contribution >= 0.6 is 0 Å². The minimum Gasteiger partial charge on any atom is -0.481 e. The molecule has 2 fully saturated rings. The van der Waals surface area contributed by atoms with Crippen LogP contribution in [0, 0.1) is 11.8 Å². The van der Waals surface area contributed by atoms with Crippen molar-refractivity contribution in [1.82, 2.24) is 10.2 Å². The van der Waals surface area contributed by atoms with Crippen molar-refractivity contribution in [2.75, 3.05) is 26.2 Å². The third-order valence-electron chi connectivity index (χ3n) is 3.82. The molecule has 0 bridgehead atoms. The highest BCUT2D eigenvalue weighted by Crippen LogP contribution is 2.26. The van der Waals surface area contributed by atoms with Gasteiger partial charge >= 0.3 is 5.97 Å². The van der Waals surface area contributed by atoms with Crippen molar-refractivity contribution in [3.05, 3.63) is 11.1 Å². The molecule has 1 unspecified atom stereocenters. The van der Waals surface area contributed by atoms with Crippen LogP contribution < -0.4 is 5.32 Å². The van der Waals surface area contributed by atoms with E-state index in [1.54, 1.807) is 11.8 Å². The van der Waals surface area contributed by atoms with Crippen molar-refractivity contribution in [3.8, 4) is 0 Å². The van der Waals surface area contributed by atoms with Crippen molar-refractivity contribution in [2.24, 2.45) is 11.8 Å². The molecule has 5 nitrogen and oxygen atoms in total. The summed E-state index contributed by atoms with van der Waals surface area (Å²) in [6.07, 6.45) is 0. The lowest BCUT2D eigenvalue weighted by atomic mass is 9.86. The van der Waals surface area contributed by atoms with Crippen LogP contribution in [0.4, 0.5) is 0 Å². The Balaban J connectivity index is 1.87. The van der Waals surface area contributed by atoms with Gasteiger partial charge in [-0.3, -0.25) is 9.59 Å². The molecule has 1 amide bonds. The van der Waals surface area contributed by atoms with E-state index in [-0.39, 0.29) is 17.7 Å². The fourth-order valence-electron chi connectivity index (χ4n) is 2.10. The molecule has 0 aromatic heterocycles. The molecule has 0 spiro atoms. The molecule has 2 aliphatic heterocycles. The van der Waals surface area contributed by atoms with Gasteiger partial charge in [-0.2, -0.15) is 0 Å². The Labute approximate surface area is 100 Å². The maximum atomic E-state index is 12.0. The van der Waals surface area contributed by atoms with Crippen molar-refractivity contribution in [1.29, 1.82) is 0 Å². The van der Waals surface area contributed by atoms with Gasteiger partial charge in [0.05, 0.1) is 5.92 Å². The Kier molecular flexibility index (Phi) is 3.19. The number of nitrogens with zero attached hydrogens (tertiary/aromatic N) is 1. The first-order valence-electron chi connectivity index (χ1n) is 5.92. The molecule has 2 aliphatic rings. The molecule has 0 aromatic carbocycles. The first-order valence-corrected chi connectivity index (χ1v) is 5.92. The van der Waals surface area contributed by atoms with E-state index in [4.69, 9.17) is 5.11 Å². The van der Waals surface area contributed by atoms with Gasteiger partial charge in [0, 0.05) is 37.7 Å². The molecule has 0 radical (unpaired) electrons. The normalized spacial score (nSPS) is 21.5. The molecule has 2 rings (SSSR count). The third-order valence-corrected chi connectivity index (χ3v) is 3.82. The number of carboxylic acids is 1. The van der Waals surface area contributed by atoms with Gasteiger partial charge < -0.3 is 15.3 Å². The molecule has 5 heteroatoms. The van der Waals surface area contributed by atoms with E-state index in [9.17, 15) is 9.59 Å². The summed E-state index contributed by atoms with van der Waals surface area (Å²) in [5.41, 5.74) is 2.00. The van der Waals surface area contributed by atoms with Gasteiger partial charge in [0.25, 0.3) is 0 Å². The van der Waals surface area contributed by atoms with Gasteiger partial charge in [-0.15, -0.1) is 0 Å². The first kappa shape index (κ1) is 12.1. The molecule has 0 aliphatic carbocycles. The number of rotatable bonds is 3. The Bertz CT molecular complexity index is 377. The lowest BCUT2D eigenvalue weighted by Gasteiger charge is -2.42. The first-order chi connectivity index (χ1) is 8.00. The molecule has 0 saturated carbocycles. The predicted octanol–water partition coefficient (Wildman–Crippen LogP) is 0.0852. The monoisotopic (exact) mass is 238 g/mol. The van der Waals surface area contributed by atoms with Gasteiger partial charge in [0.1, 0.15) is 0 Å². The van der Waals surface area contributed by atoms with E-state index < -0.39 is 5.97 Å². The number of carbonyl (C=O) groups excluding carboxylic acids is 1. The maximum absolute atomic E-state index is 12.0. The Morgan fingerprint density at radius 3 is 2.41 bits per heavy atom. The van der Waals surface area contributed by atoms with Gasteiger partial charge in [0.2, 0.25) is 5.91 Å². The molecule has 17 heavy (non-hydrogen) atoms. The standard InChI is InChI=1S/C12H18N2O3/c1-7(9-3-13-4-9)11(15)14-5-10(6-14)8(2)12(16)17/h8,10,13H,3-6H2,1-2H3,(H,16,17). The molecule has 94 valence electrons. The number of carbonyl (C=O) groups is 2. The van der Waals surface area contributed by atoms with Crippen LogP contribution in [0.25, 0.3) is 0 Å². The lowest BCUT2D eigenvalue weighted by Crippen LogP contribution is -2.54. The second-order valence-corrected chi connectivity index (χ2v) is 4.93. The molecule has 2 saturated heterocycles. The highest BCUT2D eigenvalue weighted by Gasteiger charge is 2.37. The lowest BCUT2D eigenvalue weighted by molar-refractivity contribution is -0.149. The average Bonchev–Trinajstić information content (AvgIpc) is 2.11. The number of amides is 1. The largest absolute Gasteiger partial charge is 0.481 e. The van der Waals surface area contributed by atoms with Crippen molar-refractivity contribution in [2.45, 2.75) is 13.8 Å². The summed E-state index contributed by atoms with van der Waals surface area (Å²) >= 11 is 0. The summed E-state index contributed by atoms with van der Waals surface area (Å²) in [5.74, 6) is -0.971. The molecule has 2 heterocycles. The summed E-state index contributed by atoms with van der Waals surface area (Å²) in [7, 11) is 0. The van der Waals surface area contributed by atoms with E-state index in [0.717, 1.165) is 18.7 Å². The Morgan fingerprint density at radius 1 is 1.41 bits per heavy atom. The molecule has 0 aromatic rings. The van der Waals surface area contributed by atoms with Crippen LogP contribution in [-0.4, -0.2) is 48.1 Å².